The molecule has 1 fully saturated rings. The number of piperazine rings is 1. The smallest absolute Gasteiger partial charge is 0.254 e. The highest BCUT2D eigenvalue weighted by Crippen LogP contribution is 2.33. The lowest BCUT2D eigenvalue weighted by atomic mass is 10.1. The largest absolute Gasteiger partial charge is 0.454 e. The zero-order valence-corrected chi connectivity index (χ0v) is 15.7. The van der Waals surface area contributed by atoms with Crippen LogP contribution in [-0.4, -0.2) is 57.5 Å². The molecule has 3 aromatic rings. The predicted octanol–water partition coefficient (Wildman–Crippen LogP) is 1.66. The van der Waals surface area contributed by atoms with Crippen LogP contribution in [-0.2, 0) is 19.4 Å². The lowest BCUT2D eigenvalue weighted by Crippen LogP contribution is -2.47. The average Bonchev–Trinajstić information content (AvgIpc) is 3.46. The second-order valence-corrected chi connectivity index (χ2v) is 7.64. The molecular formula is C20H22N6O2. The lowest BCUT2D eigenvalue weighted by Gasteiger charge is -2.36. The fourth-order valence-corrected chi connectivity index (χ4v) is 4.54. The summed E-state index contributed by atoms with van der Waals surface area (Å²) in [7, 11) is 0. The molecule has 0 saturated carbocycles. The zero-order valence-electron chi connectivity index (χ0n) is 15.7. The van der Waals surface area contributed by atoms with E-state index in [1.807, 2.05) is 10.6 Å². The van der Waals surface area contributed by atoms with Crippen LogP contribution in [0.3, 0.4) is 0 Å². The molecule has 4 heterocycles. The van der Waals surface area contributed by atoms with Gasteiger partial charge >= 0.3 is 0 Å². The van der Waals surface area contributed by atoms with Gasteiger partial charge in [-0.05, 0) is 37.0 Å². The average molecular weight is 378 g/mol. The maximum Gasteiger partial charge on any atom is 0.254 e. The van der Waals surface area contributed by atoms with Gasteiger partial charge in [-0.15, -0.1) is 0 Å². The number of nitrogens with zero attached hydrogens (tertiary/aromatic N) is 6. The molecule has 0 N–H and O–H groups in total. The number of fused-ring (bicyclic) bond motifs is 3. The minimum atomic E-state index is 0.324. The van der Waals surface area contributed by atoms with Crippen molar-refractivity contribution in [2.45, 2.75) is 25.8 Å². The molecule has 1 saturated heterocycles. The van der Waals surface area contributed by atoms with E-state index < -0.39 is 0 Å². The van der Waals surface area contributed by atoms with Gasteiger partial charge < -0.3 is 14.4 Å². The van der Waals surface area contributed by atoms with Gasteiger partial charge in [0.15, 0.2) is 11.5 Å². The molecule has 0 atom stereocenters. The van der Waals surface area contributed by atoms with Crippen molar-refractivity contribution in [3.8, 4) is 11.5 Å². The van der Waals surface area contributed by atoms with E-state index in [1.165, 1.54) is 29.1 Å². The molecule has 3 aliphatic rings. The molecule has 0 radical (unpaired) electrons. The maximum atomic E-state index is 5.51. The Morgan fingerprint density at radius 3 is 2.82 bits per heavy atom. The Balaban J connectivity index is 1.20. The van der Waals surface area contributed by atoms with Gasteiger partial charge in [-0.1, -0.05) is 6.07 Å². The summed E-state index contributed by atoms with van der Waals surface area (Å²) < 4.78 is 12.8. The topological polar surface area (TPSA) is 68.0 Å². The monoisotopic (exact) mass is 378 g/mol. The van der Waals surface area contributed by atoms with Crippen LogP contribution < -0.4 is 14.4 Å². The van der Waals surface area contributed by atoms with Gasteiger partial charge in [0, 0.05) is 38.3 Å². The first-order valence-corrected chi connectivity index (χ1v) is 9.92. The van der Waals surface area contributed by atoms with Gasteiger partial charge in [-0.2, -0.15) is 14.6 Å². The standard InChI is InChI=1S/C20H22N6O2/c1-2-15-16(3-1)23-20-21-12-22-26(20)19(15)25-8-6-24(7-9-25)11-14-4-5-17-18(10-14)28-13-27-17/h4-5,10,12H,1-3,6-9,11,13H2. The molecule has 144 valence electrons. The number of anilines is 1. The number of rotatable bonds is 3. The van der Waals surface area contributed by atoms with Crippen LogP contribution in [0, 0.1) is 0 Å². The quantitative estimate of drug-likeness (QED) is 0.687. The molecular weight excluding hydrogens is 356 g/mol. The van der Waals surface area contributed by atoms with Crippen molar-refractivity contribution in [1.29, 1.82) is 0 Å². The van der Waals surface area contributed by atoms with Crippen molar-refractivity contribution in [2.75, 3.05) is 37.9 Å². The van der Waals surface area contributed by atoms with Gasteiger partial charge in [0.1, 0.15) is 12.1 Å². The van der Waals surface area contributed by atoms with E-state index in [9.17, 15) is 0 Å². The summed E-state index contributed by atoms with van der Waals surface area (Å²) in [6, 6.07) is 6.24. The number of hydrogen-bond acceptors (Lipinski definition) is 7. The number of aromatic nitrogens is 4. The Kier molecular flexibility index (Phi) is 3.65. The van der Waals surface area contributed by atoms with Crippen molar-refractivity contribution >= 4 is 11.6 Å². The normalized spacial score (nSPS) is 18.8. The summed E-state index contributed by atoms with van der Waals surface area (Å²) in [6.07, 6.45) is 4.92. The molecule has 0 amide bonds. The predicted molar refractivity (Wildman–Crippen MR) is 103 cm³/mol. The number of benzene rings is 1. The second-order valence-electron chi connectivity index (χ2n) is 7.64. The van der Waals surface area contributed by atoms with Crippen molar-refractivity contribution in [3.63, 3.8) is 0 Å². The van der Waals surface area contributed by atoms with Crippen LogP contribution in [0.1, 0.15) is 23.2 Å². The van der Waals surface area contributed by atoms with Crippen LogP contribution in [0.15, 0.2) is 24.5 Å². The second kappa shape index (κ2) is 6.34. The van der Waals surface area contributed by atoms with Crippen molar-refractivity contribution in [2.24, 2.45) is 0 Å². The summed E-state index contributed by atoms with van der Waals surface area (Å²) in [4.78, 5) is 14.0. The summed E-state index contributed by atoms with van der Waals surface area (Å²) >= 11 is 0. The molecule has 8 nitrogen and oxygen atoms in total. The fourth-order valence-electron chi connectivity index (χ4n) is 4.54. The molecule has 2 aliphatic heterocycles. The van der Waals surface area contributed by atoms with E-state index in [0.717, 1.165) is 62.8 Å². The van der Waals surface area contributed by atoms with Crippen LogP contribution in [0.4, 0.5) is 5.82 Å². The molecule has 0 spiro atoms. The Morgan fingerprint density at radius 1 is 1.00 bits per heavy atom. The molecule has 0 bridgehead atoms. The van der Waals surface area contributed by atoms with Gasteiger partial charge in [-0.3, -0.25) is 4.90 Å². The first kappa shape index (κ1) is 16.1. The van der Waals surface area contributed by atoms with Gasteiger partial charge in [0.25, 0.3) is 5.78 Å². The molecule has 2 aromatic heterocycles. The first-order valence-electron chi connectivity index (χ1n) is 9.92. The molecule has 8 heteroatoms. The highest BCUT2D eigenvalue weighted by Gasteiger charge is 2.27. The molecule has 6 rings (SSSR count). The summed E-state index contributed by atoms with van der Waals surface area (Å²) in [6.45, 7) is 5.25. The maximum absolute atomic E-state index is 5.51. The molecule has 1 aliphatic carbocycles. The van der Waals surface area contributed by atoms with E-state index in [2.05, 4.69) is 32.0 Å². The minimum absolute atomic E-state index is 0.324. The number of hydrogen-bond donors (Lipinski definition) is 0. The summed E-state index contributed by atoms with van der Waals surface area (Å²) in [5.74, 6) is 3.63. The minimum Gasteiger partial charge on any atom is -0.454 e. The summed E-state index contributed by atoms with van der Waals surface area (Å²) in [5, 5.41) is 4.45. The number of aryl methyl sites for hydroxylation is 1. The molecule has 28 heavy (non-hydrogen) atoms. The van der Waals surface area contributed by atoms with Crippen LogP contribution >= 0.6 is 0 Å². The van der Waals surface area contributed by atoms with Crippen LogP contribution in [0.25, 0.3) is 5.78 Å². The third-order valence-corrected chi connectivity index (χ3v) is 5.94. The van der Waals surface area contributed by atoms with Gasteiger partial charge in [0.05, 0.1) is 5.69 Å². The SMILES string of the molecule is c1nc2nc3c(c(N4CCN(Cc5ccc6c(c5)OCO6)CC4)n2n1)CCC3. The third kappa shape index (κ3) is 2.59. The van der Waals surface area contributed by atoms with E-state index >= 15 is 0 Å². The van der Waals surface area contributed by atoms with Crippen LogP contribution in [0.2, 0.25) is 0 Å². The zero-order chi connectivity index (χ0) is 18.5. The lowest BCUT2D eigenvalue weighted by molar-refractivity contribution is 0.174. The Morgan fingerprint density at radius 2 is 1.89 bits per heavy atom. The Labute approximate surface area is 162 Å². The van der Waals surface area contributed by atoms with Gasteiger partial charge in [-0.25, -0.2) is 4.98 Å². The van der Waals surface area contributed by atoms with Crippen LogP contribution in [0.5, 0.6) is 11.5 Å². The van der Waals surface area contributed by atoms with E-state index in [1.54, 1.807) is 6.33 Å². The molecule has 0 unspecified atom stereocenters. The van der Waals surface area contributed by atoms with Gasteiger partial charge in [0.2, 0.25) is 6.79 Å². The fraction of sp³-hybridized carbons (Fsp3) is 0.450. The van der Waals surface area contributed by atoms with E-state index in [0.29, 0.717) is 6.79 Å². The first-order chi connectivity index (χ1) is 13.8. The van der Waals surface area contributed by atoms with E-state index in [4.69, 9.17) is 14.5 Å². The summed E-state index contributed by atoms with van der Waals surface area (Å²) in [5.41, 5.74) is 3.83. The highest BCUT2D eigenvalue weighted by molar-refractivity contribution is 5.56. The Bertz CT molecular complexity index is 1040. The number of ether oxygens (including phenoxy) is 2. The third-order valence-electron chi connectivity index (χ3n) is 5.94. The van der Waals surface area contributed by atoms with Crippen molar-refractivity contribution in [1.82, 2.24) is 24.5 Å². The Hall–Kier alpha value is -2.87. The molecule has 1 aromatic carbocycles. The van der Waals surface area contributed by atoms with Crippen molar-refractivity contribution in [3.05, 3.63) is 41.3 Å². The van der Waals surface area contributed by atoms with E-state index in [-0.39, 0.29) is 0 Å². The highest BCUT2D eigenvalue weighted by atomic mass is 16.7. The van der Waals surface area contributed by atoms with Crippen molar-refractivity contribution < 1.29 is 9.47 Å².